The molecule has 23 heavy (non-hydrogen) atoms. The van der Waals surface area contributed by atoms with Crippen LogP contribution in [0.4, 0.5) is 10.1 Å². The maximum Gasteiger partial charge on any atom is 0.123 e. The number of benzene rings is 2. The Labute approximate surface area is 139 Å². The lowest BCUT2D eigenvalue weighted by Gasteiger charge is -2.33. The molecule has 2 aromatic carbocycles. The molecule has 3 aromatic rings. The van der Waals surface area contributed by atoms with Crippen LogP contribution in [-0.2, 0) is 0 Å². The van der Waals surface area contributed by atoms with Crippen LogP contribution >= 0.6 is 11.3 Å². The monoisotopic (exact) mass is 325 g/mol. The van der Waals surface area contributed by atoms with Crippen molar-refractivity contribution in [2.24, 2.45) is 0 Å². The summed E-state index contributed by atoms with van der Waals surface area (Å²) in [5.74, 6) is -0.153. The summed E-state index contributed by atoms with van der Waals surface area (Å²) < 4.78 is 16.0. The van der Waals surface area contributed by atoms with Crippen molar-refractivity contribution in [3.63, 3.8) is 0 Å². The van der Waals surface area contributed by atoms with Crippen molar-refractivity contribution in [2.75, 3.05) is 31.1 Å². The van der Waals surface area contributed by atoms with Gasteiger partial charge in [-0.1, -0.05) is 6.07 Å². The van der Waals surface area contributed by atoms with Gasteiger partial charge in [-0.15, -0.1) is 11.3 Å². The second-order valence-electron chi connectivity index (χ2n) is 6.69. The molecule has 0 amide bonds. The molecule has 3 fully saturated rings. The molecule has 3 saturated heterocycles. The van der Waals surface area contributed by atoms with E-state index in [1.807, 2.05) is 6.07 Å². The number of halogens is 1. The van der Waals surface area contributed by atoms with Crippen LogP contribution in [0.5, 0.6) is 0 Å². The third-order valence-corrected chi connectivity index (χ3v) is 6.54. The third-order valence-electron chi connectivity index (χ3n) is 5.40. The number of nitrogens with zero attached hydrogens (tertiary/aromatic N) is 2. The van der Waals surface area contributed by atoms with E-state index in [2.05, 4.69) is 28.0 Å². The molecule has 6 rings (SSSR count). The van der Waals surface area contributed by atoms with Crippen molar-refractivity contribution in [3.8, 4) is 0 Å². The second-order valence-corrected chi connectivity index (χ2v) is 7.77. The number of fused-ring (bicyclic) bond motifs is 7. The average molecular weight is 325 g/mol. The van der Waals surface area contributed by atoms with E-state index in [1.54, 1.807) is 23.5 Å². The Kier molecular flexibility index (Phi) is 3.10. The topological polar surface area (TPSA) is 6.48 Å². The maximum absolute atomic E-state index is 13.6. The Morgan fingerprint density at radius 2 is 1.74 bits per heavy atom. The molecular formula is C19H19FN2S. The molecule has 4 heteroatoms. The smallest absolute Gasteiger partial charge is 0.123 e. The molecule has 0 radical (unpaired) electrons. The second kappa shape index (κ2) is 5.18. The van der Waals surface area contributed by atoms with Crippen LogP contribution in [0, 0.1) is 5.82 Å². The van der Waals surface area contributed by atoms with Gasteiger partial charge in [0, 0.05) is 58.1 Å². The normalized spacial score (nSPS) is 24.5. The van der Waals surface area contributed by atoms with E-state index in [9.17, 15) is 4.39 Å². The summed E-state index contributed by atoms with van der Waals surface area (Å²) in [7, 11) is 0. The fourth-order valence-corrected chi connectivity index (χ4v) is 5.26. The summed E-state index contributed by atoms with van der Waals surface area (Å²) in [6.07, 6.45) is 2.55. The van der Waals surface area contributed by atoms with E-state index in [1.165, 1.54) is 52.9 Å². The van der Waals surface area contributed by atoms with Crippen molar-refractivity contribution in [2.45, 2.75) is 18.9 Å². The van der Waals surface area contributed by atoms with Gasteiger partial charge in [-0.2, -0.15) is 0 Å². The summed E-state index contributed by atoms with van der Waals surface area (Å²) in [6.45, 7) is 4.78. The zero-order chi connectivity index (χ0) is 15.4. The van der Waals surface area contributed by atoms with Crippen LogP contribution in [0.2, 0.25) is 0 Å². The van der Waals surface area contributed by atoms with Gasteiger partial charge >= 0.3 is 0 Å². The van der Waals surface area contributed by atoms with E-state index >= 15 is 0 Å². The first-order valence-corrected chi connectivity index (χ1v) is 9.20. The zero-order valence-electron chi connectivity index (χ0n) is 13.0. The molecule has 4 heterocycles. The predicted molar refractivity (Wildman–Crippen MR) is 96.1 cm³/mol. The summed E-state index contributed by atoms with van der Waals surface area (Å²) in [5.41, 5.74) is 1.33. The van der Waals surface area contributed by atoms with E-state index < -0.39 is 0 Å². The number of hydrogen-bond donors (Lipinski definition) is 0. The Bertz CT molecular complexity index is 880. The van der Waals surface area contributed by atoms with Crippen molar-refractivity contribution in [3.05, 3.63) is 42.2 Å². The Hall–Kier alpha value is -1.65. The van der Waals surface area contributed by atoms with Crippen LogP contribution in [0.1, 0.15) is 12.8 Å². The van der Waals surface area contributed by atoms with E-state index in [0.29, 0.717) is 6.04 Å². The lowest BCUT2D eigenvalue weighted by molar-refractivity contribution is 0.250. The van der Waals surface area contributed by atoms with Gasteiger partial charge < -0.3 is 9.80 Å². The van der Waals surface area contributed by atoms with Gasteiger partial charge in [-0.25, -0.2) is 4.39 Å². The van der Waals surface area contributed by atoms with Gasteiger partial charge in [0.2, 0.25) is 0 Å². The highest BCUT2D eigenvalue weighted by molar-refractivity contribution is 7.25. The molecule has 3 aliphatic heterocycles. The van der Waals surface area contributed by atoms with Crippen LogP contribution in [0.3, 0.4) is 0 Å². The summed E-state index contributed by atoms with van der Waals surface area (Å²) in [5, 5.41) is 2.22. The molecule has 3 aliphatic rings. The van der Waals surface area contributed by atoms with Gasteiger partial charge in [0.25, 0.3) is 0 Å². The minimum atomic E-state index is -0.153. The van der Waals surface area contributed by atoms with Crippen molar-refractivity contribution in [1.82, 2.24) is 4.90 Å². The highest BCUT2D eigenvalue weighted by Crippen LogP contribution is 2.37. The third kappa shape index (κ3) is 2.24. The largest absolute Gasteiger partial charge is 0.367 e. The number of hydrogen-bond acceptors (Lipinski definition) is 3. The van der Waals surface area contributed by atoms with Gasteiger partial charge in [-0.05, 0) is 43.2 Å². The molecule has 0 N–H and O–H groups in total. The molecule has 0 atom stereocenters. The van der Waals surface area contributed by atoms with Crippen molar-refractivity contribution < 1.29 is 4.39 Å². The first-order valence-electron chi connectivity index (χ1n) is 8.39. The van der Waals surface area contributed by atoms with E-state index in [0.717, 1.165) is 11.9 Å². The van der Waals surface area contributed by atoms with Crippen LogP contribution < -0.4 is 4.90 Å². The number of anilines is 1. The molecular weight excluding hydrogens is 306 g/mol. The predicted octanol–water partition coefficient (Wildman–Crippen LogP) is 4.48. The molecule has 1 aromatic heterocycles. The summed E-state index contributed by atoms with van der Waals surface area (Å²) >= 11 is 1.77. The average Bonchev–Trinajstić information content (AvgIpc) is 2.72. The molecule has 0 saturated carbocycles. The maximum atomic E-state index is 13.6. The molecule has 0 spiro atoms. The van der Waals surface area contributed by atoms with Crippen LogP contribution in [-0.4, -0.2) is 37.1 Å². The van der Waals surface area contributed by atoms with Gasteiger partial charge in [0.15, 0.2) is 0 Å². The minimum Gasteiger partial charge on any atom is -0.367 e. The molecule has 0 aliphatic carbocycles. The molecule has 2 bridgehead atoms. The van der Waals surface area contributed by atoms with E-state index in [-0.39, 0.29) is 5.82 Å². The first kappa shape index (κ1) is 13.8. The van der Waals surface area contributed by atoms with E-state index in [4.69, 9.17) is 0 Å². The SMILES string of the molecule is [18F]c1ccc2sc3cc(N4CCN5CCC4CC5)ccc3c2c1. The standard InChI is InChI=1S/C19H19FN2S/c20-13-1-4-18-17(11-13)16-3-2-15(12-19(16)23-18)22-10-9-21-7-5-14(22)6-8-21/h1-4,11-12,14H,5-10H2/i20-1. The molecule has 0 unspecified atom stereocenters. The zero-order valence-corrected chi connectivity index (χ0v) is 13.8. The summed E-state index contributed by atoms with van der Waals surface area (Å²) in [6, 6.07) is 12.5. The molecule has 118 valence electrons. The highest BCUT2D eigenvalue weighted by atomic mass is 32.1. The van der Waals surface area contributed by atoms with Crippen LogP contribution in [0.15, 0.2) is 36.4 Å². The van der Waals surface area contributed by atoms with Crippen molar-refractivity contribution >= 4 is 37.2 Å². The van der Waals surface area contributed by atoms with Gasteiger partial charge in [0.1, 0.15) is 5.82 Å². The Morgan fingerprint density at radius 3 is 2.61 bits per heavy atom. The van der Waals surface area contributed by atoms with Gasteiger partial charge in [0.05, 0.1) is 0 Å². The first-order chi connectivity index (χ1) is 11.3. The quantitative estimate of drug-likeness (QED) is 0.651. The van der Waals surface area contributed by atoms with Crippen LogP contribution in [0.25, 0.3) is 20.2 Å². The van der Waals surface area contributed by atoms with Crippen molar-refractivity contribution in [1.29, 1.82) is 0 Å². The fourth-order valence-electron chi connectivity index (χ4n) is 4.14. The number of thiophene rings is 1. The Balaban J connectivity index is 1.61. The van der Waals surface area contributed by atoms with Gasteiger partial charge in [-0.3, -0.25) is 0 Å². The lowest BCUT2D eigenvalue weighted by atomic mass is 10.0. The summed E-state index contributed by atoms with van der Waals surface area (Å²) in [4.78, 5) is 5.18. The fraction of sp³-hybridized carbons (Fsp3) is 0.368. The minimum absolute atomic E-state index is 0.153. The number of rotatable bonds is 1. The lowest BCUT2D eigenvalue weighted by Crippen LogP contribution is -2.37. The highest BCUT2D eigenvalue weighted by Gasteiger charge is 2.29. The molecule has 2 nitrogen and oxygen atoms in total. The Morgan fingerprint density at radius 1 is 0.870 bits per heavy atom. The number of piperidine rings is 1.